The number of hydrogen-bond acceptors (Lipinski definition) is 2. The number of H-pyrrole nitrogens is 1. The number of benzene rings is 1. The van der Waals surface area contributed by atoms with E-state index in [9.17, 15) is 8.42 Å². The first-order valence-electron chi connectivity index (χ1n) is 4.45. The molecule has 0 amide bonds. The van der Waals surface area contributed by atoms with E-state index in [0.29, 0.717) is 0 Å². The average molecular weight is 207 g/mol. The van der Waals surface area contributed by atoms with Gasteiger partial charge in [-0.05, 0) is 11.6 Å². The van der Waals surface area contributed by atoms with Gasteiger partial charge in [0.2, 0.25) is 0 Å². The van der Waals surface area contributed by atoms with Crippen molar-refractivity contribution in [3.05, 3.63) is 35.5 Å². The van der Waals surface area contributed by atoms with Crippen LogP contribution in [0.2, 0.25) is 0 Å². The Hall–Kier alpha value is -1.29. The first-order chi connectivity index (χ1) is 6.66. The fraction of sp³-hybridized carbons (Fsp3) is 0.200. The van der Waals surface area contributed by atoms with E-state index in [-0.39, 0.29) is 11.5 Å². The summed E-state index contributed by atoms with van der Waals surface area (Å²) < 4.78 is 22.7. The lowest BCUT2D eigenvalue weighted by Gasteiger charge is -1.92. The highest BCUT2D eigenvalue weighted by atomic mass is 32.2. The van der Waals surface area contributed by atoms with Crippen LogP contribution in [0.1, 0.15) is 11.3 Å². The van der Waals surface area contributed by atoms with Crippen LogP contribution in [0.4, 0.5) is 0 Å². The first-order valence-corrected chi connectivity index (χ1v) is 6.27. The molecule has 1 N–H and O–H groups in total. The molecule has 3 nitrogen and oxygen atoms in total. The maximum atomic E-state index is 11.4. The molecule has 0 bridgehead atoms. The van der Waals surface area contributed by atoms with Crippen molar-refractivity contribution < 1.29 is 8.42 Å². The van der Waals surface area contributed by atoms with E-state index in [0.717, 1.165) is 22.2 Å². The minimum absolute atomic E-state index is 0.164. The highest BCUT2D eigenvalue weighted by Gasteiger charge is 2.27. The van der Waals surface area contributed by atoms with Crippen molar-refractivity contribution in [3.8, 4) is 0 Å². The molecule has 2 heterocycles. The Labute approximate surface area is 81.7 Å². The predicted octanol–water partition coefficient (Wildman–Crippen LogP) is 1.60. The molecule has 3 rings (SSSR count). The molecule has 1 aromatic carbocycles. The second-order valence-electron chi connectivity index (χ2n) is 3.66. The molecule has 1 aliphatic heterocycles. The van der Waals surface area contributed by atoms with Crippen LogP contribution in [0, 0.1) is 0 Å². The van der Waals surface area contributed by atoms with Gasteiger partial charge in [-0.15, -0.1) is 0 Å². The summed E-state index contributed by atoms with van der Waals surface area (Å²) in [7, 11) is -2.88. The van der Waals surface area contributed by atoms with Crippen molar-refractivity contribution in [3.63, 3.8) is 0 Å². The van der Waals surface area contributed by atoms with Gasteiger partial charge in [0.25, 0.3) is 0 Å². The largest absolute Gasteiger partial charge is 0.357 e. The van der Waals surface area contributed by atoms with E-state index in [4.69, 9.17) is 0 Å². The molecule has 0 spiro atoms. The fourth-order valence-corrected chi connectivity index (χ4v) is 3.59. The molecule has 4 heteroatoms. The average Bonchev–Trinajstić information content (AvgIpc) is 2.56. The van der Waals surface area contributed by atoms with Crippen LogP contribution in [0.25, 0.3) is 10.9 Å². The van der Waals surface area contributed by atoms with Gasteiger partial charge in [-0.3, -0.25) is 0 Å². The molecule has 0 saturated carbocycles. The zero-order valence-electron chi connectivity index (χ0n) is 7.45. The van der Waals surface area contributed by atoms with Crippen molar-refractivity contribution in [1.82, 2.24) is 4.98 Å². The van der Waals surface area contributed by atoms with Crippen molar-refractivity contribution >= 4 is 20.7 Å². The lowest BCUT2D eigenvalue weighted by atomic mass is 10.2. The molecule has 2 aromatic rings. The van der Waals surface area contributed by atoms with Gasteiger partial charge in [0, 0.05) is 16.6 Å². The number of para-hydroxylation sites is 1. The maximum absolute atomic E-state index is 11.4. The van der Waals surface area contributed by atoms with Gasteiger partial charge in [-0.1, -0.05) is 18.2 Å². The molecule has 1 aliphatic rings. The Kier molecular flexibility index (Phi) is 1.37. The Bertz CT molecular complexity index is 610. The van der Waals surface area contributed by atoms with Gasteiger partial charge in [0.05, 0.1) is 11.5 Å². The highest BCUT2D eigenvalue weighted by Crippen LogP contribution is 2.31. The van der Waals surface area contributed by atoms with Crippen LogP contribution in [-0.2, 0) is 21.3 Å². The molecule has 72 valence electrons. The van der Waals surface area contributed by atoms with Crippen LogP contribution in [0.5, 0.6) is 0 Å². The smallest absolute Gasteiger partial charge is 0.160 e. The molecule has 1 aromatic heterocycles. The molecule has 0 atom stereocenters. The van der Waals surface area contributed by atoms with Crippen LogP contribution in [-0.4, -0.2) is 13.4 Å². The molecule has 14 heavy (non-hydrogen) atoms. The zero-order valence-corrected chi connectivity index (χ0v) is 8.26. The quantitative estimate of drug-likeness (QED) is 0.713. The predicted molar refractivity (Wildman–Crippen MR) is 54.6 cm³/mol. The first kappa shape index (κ1) is 8.05. The monoisotopic (exact) mass is 207 g/mol. The normalized spacial score (nSPS) is 18.6. The summed E-state index contributed by atoms with van der Waals surface area (Å²) in [6.45, 7) is 0. The Morgan fingerprint density at radius 1 is 1.14 bits per heavy atom. The van der Waals surface area contributed by atoms with Crippen LogP contribution < -0.4 is 0 Å². The van der Waals surface area contributed by atoms with Crippen LogP contribution >= 0.6 is 0 Å². The van der Waals surface area contributed by atoms with Gasteiger partial charge >= 0.3 is 0 Å². The van der Waals surface area contributed by atoms with E-state index in [2.05, 4.69) is 4.98 Å². The summed E-state index contributed by atoms with van der Waals surface area (Å²) in [6, 6.07) is 7.82. The molecule has 0 aliphatic carbocycles. The van der Waals surface area contributed by atoms with Gasteiger partial charge in [0.1, 0.15) is 0 Å². The number of sulfone groups is 1. The number of aromatic amines is 1. The van der Waals surface area contributed by atoms with Gasteiger partial charge in [0.15, 0.2) is 9.84 Å². The Morgan fingerprint density at radius 2 is 1.93 bits per heavy atom. The molecule has 0 fully saturated rings. The number of nitrogens with one attached hydrogen (secondary N) is 1. The number of fused-ring (bicyclic) bond motifs is 3. The van der Waals surface area contributed by atoms with Crippen molar-refractivity contribution in [2.45, 2.75) is 11.5 Å². The van der Waals surface area contributed by atoms with Gasteiger partial charge in [-0.25, -0.2) is 8.42 Å². The molecule has 0 unspecified atom stereocenters. The van der Waals surface area contributed by atoms with Gasteiger partial charge < -0.3 is 4.98 Å². The summed E-state index contributed by atoms with van der Waals surface area (Å²) >= 11 is 0. The minimum Gasteiger partial charge on any atom is -0.357 e. The van der Waals surface area contributed by atoms with E-state index in [1.165, 1.54) is 0 Å². The van der Waals surface area contributed by atoms with Crippen LogP contribution in [0.3, 0.4) is 0 Å². The summed E-state index contributed by atoms with van der Waals surface area (Å²) in [5, 5.41) is 1.04. The lowest BCUT2D eigenvalue weighted by molar-refractivity contribution is 0.597. The van der Waals surface area contributed by atoms with Gasteiger partial charge in [-0.2, -0.15) is 0 Å². The van der Waals surface area contributed by atoms with E-state index < -0.39 is 9.84 Å². The summed E-state index contributed by atoms with van der Waals surface area (Å²) in [5.74, 6) is 0.351. The Balaban J connectivity index is 2.36. The third kappa shape index (κ3) is 1.00. The standard InChI is InChI=1S/C10H9NO2S/c12-14(13)5-8-7-3-1-2-4-9(7)11-10(8)6-14/h1-4,11H,5-6H2. The van der Waals surface area contributed by atoms with E-state index >= 15 is 0 Å². The minimum atomic E-state index is -2.88. The van der Waals surface area contributed by atoms with Crippen LogP contribution in [0.15, 0.2) is 24.3 Å². The number of rotatable bonds is 0. The number of aromatic nitrogens is 1. The molecular weight excluding hydrogens is 198 g/mol. The molecule has 0 radical (unpaired) electrons. The second-order valence-corrected chi connectivity index (χ2v) is 5.72. The van der Waals surface area contributed by atoms with E-state index in [1.807, 2.05) is 24.3 Å². The third-order valence-corrected chi connectivity index (χ3v) is 4.09. The molecular formula is C10H9NO2S. The maximum Gasteiger partial charge on any atom is 0.160 e. The summed E-state index contributed by atoms with van der Waals surface area (Å²) in [4.78, 5) is 3.15. The molecule has 0 saturated heterocycles. The number of hydrogen-bond donors (Lipinski definition) is 1. The summed E-state index contributed by atoms with van der Waals surface area (Å²) in [6.07, 6.45) is 0. The fourth-order valence-electron chi connectivity index (χ4n) is 2.03. The highest BCUT2D eigenvalue weighted by molar-refractivity contribution is 7.90. The van der Waals surface area contributed by atoms with Crippen molar-refractivity contribution in [1.29, 1.82) is 0 Å². The lowest BCUT2D eigenvalue weighted by Crippen LogP contribution is -1.97. The van der Waals surface area contributed by atoms with Crippen molar-refractivity contribution in [2.24, 2.45) is 0 Å². The topological polar surface area (TPSA) is 49.9 Å². The van der Waals surface area contributed by atoms with Crippen molar-refractivity contribution in [2.75, 3.05) is 0 Å². The zero-order chi connectivity index (χ0) is 9.76. The Morgan fingerprint density at radius 3 is 2.79 bits per heavy atom. The van der Waals surface area contributed by atoms with E-state index in [1.54, 1.807) is 0 Å². The second kappa shape index (κ2) is 2.39. The third-order valence-electron chi connectivity index (χ3n) is 2.63. The summed E-state index contributed by atoms with van der Waals surface area (Å²) in [5.41, 5.74) is 2.86. The SMILES string of the molecule is O=S1(=O)Cc2[nH]c3ccccc3c2C1.